The molecule has 1 heterocycles. The maximum atomic E-state index is 5.65. The summed E-state index contributed by atoms with van der Waals surface area (Å²) < 4.78 is 5.23. The van der Waals surface area contributed by atoms with Gasteiger partial charge in [0.05, 0.1) is 12.1 Å². The Morgan fingerprint density at radius 2 is 2.18 bits per heavy atom. The first kappa shape index (κ1) is 12.3. The van der Waals surface area contributed by atoms with Gasteiger partial charge < -0.3 is 10.5 Å². The van der Waals surface area contributed by atoms with E-state index < -0.39 is 0 Å². The van der Waals surface area contributed by atoms with E-state index in [4.69, 9.17) is 22.7 Å². The second-order valence-corrected chi connectivity index (χ2v) is 5.08. The van der Waals surface area contributed by atoms with Crippen LogP contribution < -0.4 is 10.5 Å². The molecule has 0 aliphatic carbocycles. The fraction of sp³-hybridized carbons (Fsp3) is 0.462. The van der Waals surface area contributed by atoms with Gasteiger partial charge in [-0.1, -0.05) is 25.2 Å². The lowest BCUT2D eigenvalue weighted by molar-refractivity contribution is 0.267. The van der Waals surface area contributed by atoms with Gasteiger partial charge in [-0.3, -0.25) is 4.90 Å². The van der Waals surface area contributed by atoms with Gasteiger partial charge in [0.25, 0.3) is 0 Å². The summed E-state index contributed by atoms with van der Waals surface area (Å²) in [5.74, 6) is 1.19. The lowest BCUT2D eigenvalue weighted by atomic mass is 10.1. The van der Waals surface area contributed by atoms with E-state index in [0.29, 0.717) is 4.99 Å². The van der Waals surface area contributed by atoms with Crippen LogP contribution in [0.15, 0.2) is 18.2 Å². The van der Waals surface area contributed by atoms with Crippen molar-refractivity contribution in [3.63, 3.8) is 0 Å². The Kier molecular flexibility index (Phi) is 3.64. The molecular weight excluding hydrogens is 232 g/mol. The van der Waals surface area contributed by atoms with Gasteiger partial charge in [0, 0.05) is 25.6 Å². The van der Waals surface area contributed by atoms with E-state index >= 15 is 0 Å². The number of thiocarbonyl (C=S) groups is 1. The van der Waals surface area contributed by atoms with Gasteiger partial charge in [-0.15, -0.1) is 0 Å². The summed E-state index contributed by atoms with van der Waals surface area (Å²) >= 11 is 5.01. The Hall–Kier alpha value is -1.13. The fourth-order valence-corrected chi connectivity index (χ4v) is 2.25. The van der Waals surface area contributed by atoms with Crippen LogP contribution in [-0.2, 0) is 13.1 Å². The number of nitrogens with zero attached hydrogens (tertiary/aromatic N) is 1. The van der Waals surface area contributed by atoms with Crippen molar-refractivity contribution in [1.82, 2.24) is 4.90 Å². The van der Waals surface area contributed by atoms with Crippen molar-refractivity contribution in [1.29, 1.82) is 0 Å². The Bertz CT molecular complexity index is 433. The number of benzene rings is 1. The molecule has 0 bridgehead atoms. The summed E-state index contributed by atoms with van der Waals surface area (Å²) in [6.07, 6.45) is 0. The van der Waals surface area contributed by atoms with Gasteiger partial charge in [0.1, 0.15) is 5.75 Å². The van der Waals surface area contributed by atoms with E-state index in [1.165, 1.54) is 11.1 Å². The molecule has 1 atom stereocenters. The zero-order valence-corrected chi connectivity index (χ0v) is 11.1. The first-order valence-electron chi connectivity index (χ1n) is 5.77. The number of rotatable bonds is 4. The van der Waals surface area contributed by atoms with Crippen molar-refractivity contribution in [2.75, 3.05) is 13.7 Å². The number of methoxy groups -OCH3 is 1. The van der Waals surface area contributed by atoms with Gasteiger partial charge in [-0.2, -0.15) is 0 Å². The van der Waals surface area contributed by atoms with Crippen LogP contribution in [0.3, 0.4) is 0 Å². The fourth-order valence-electron chi connectivity index (χ4n) is 2.17. The quantitative estimate of drug-likeness (QED) is 0.829. The second-order valence-electron chi connectivity index (χ2n) is 4.61. The van der Waals surface area contributed by atoms with Crippen molar-refractivity contribution >= 4 is 17.2 Å². The maximum absolute atomic E-state index is 5.65. The van der Waals surface area contributed by atoms with Crippen molar-refractivity contribution in [3.05, 3.63) is 29.3 Å². The second kappa shape index (κ2) is 5.02. The summed E-state index contributed by atoms with van der Waals surface area (Å²) in [5.41, 5.74) is 8.37. The molecule has 3 nitrogen and oxygen atoms in total. The molecule has 0 amide bonds. The molecule has 92 valence electrons. The summed E-state index contributed by atoms with van der Waals surface area (Å²) in [4.78, 5) is 2.96. The molecule has 17 heavy (non-hydrogen) atoms. The minimum Gasteiger partial charge on any atom is -0.497 e. The Morgan fingerprint density at radius 1 is 1.47 bits per heavy atom. The highest BCUT2D eigenvalue weighted by atomic mass is 32.1. The molecule has 1 aromatic rings. The molecule has 1 aliphatic rings. The van der Waals surface area contributed by atoms with Gasteiger partial charge in [0.2, 0.25) is 0 Å². The summed E-state index contributed by atoms with van der Waals surface area (Å²) in [5, 5.41) is 0. The number of ether oxygens (including phenoxy) is 1. The Labute approximate surface area is 108 Å². The summed E-state index contributed by atoms with van der Waals surface area (Å²) in [6, 6.07) is 6.26. The van der Waals surface area contributed by atoms with E-state index in [9.17, 15) is 0 Å². The van der Waals surface area contributed by atoms with Crippen LogP contribution in [0.25, 0.3) is 0 Å². The maximum Gasteiger partial charge on any atom is 0.119 e. The van der Waals surface area contributed by atoms with Crippen LogP contribution in [0.1, 0.15) is 18.1 Å². The molecule has 2 N–H and O–H groups in total. The molecule has 0 radical (unpaired) electrons. The third-order valence-corrected chi connectivity index (χ3v) is 3.62. The van der Waals surface area contributed by atoms with Gasteiger partial charge in [-0.05, 0) is 23.3 Å². The molecule has 2 rings (SSSR count). The van der Waals surface area contributed by atoms with Crippen molar-refractivity contribution in [3.8, 4) is 5.75 Å². The standard InChI is InChI=1S/C13H18N2OS/c1-9(13(14)17)6-15-7-10-3-4-12(16-2)5-11(10)8-15/h3-5,9H,6-8H2,1-2H3,(H2,14,17). The third-order valence-electron chi connectivity index (χ3n) is 3.22. The Balaban J connectivity index is 2.03. The van der Waals surface area contributed by atoms with E-state index in [2.05, 4.69) is 24.0 Å². The topological polar surface area (TPSA) is 38.5 Å². The van der Waals surface area contributed by atoms with E-state index in [0.717, 1.165) is 25.4 Å². The van der Waals surface area contributed by atoms with Crippen molar-refractivity contribution in [2.45, 2.75) is 20.0 Å². The molecule has 0 spiro atoms. The third kappa shape index (κ3) is 2.76. The Morgan fingerprint density at radius 3 is 2.82 bits per heavy atom. The summed E-state index contributed by atoms with van der Waals surface area (Å²) in [6.45, 7) is 4.93. The lowest BCUT2D eigenvalue weighted by Crippen LogP contribution is -2.30. The molecule has 1 unspecified atom stereocenters. The average molecular weight is 250 g/mol. The predicted octanol–water partition coefficient (Wildman–Crippen LogP) is 1.93. The minimum absolute atomic E-state index is 0.265. The van der Waals surface area contributed by atoms with Crippen LogP contribution >= 0.6 is 12.2 Å². The normalized spacial score (nSPS) is 16.6. The van der Waals surface area contributed by atoms with Crippen molar-refractivity contribution < 1.29 is 4.74 Å². The summed E-state index contributed by atoms with van der Waals surface area (Å²) in [7, 11) is 1.70. The molecule has 0 aromatic heterocycles. The highest BCUT2D eigenvalue weighted by Crippen LogP contribution is 2.27. The van der Waals surface area contributed by atoms with E-state index in [-0.39, 0.29) is 5.92 Å². The predicted molar refractivity (Wildman–Crippen MR) is 73.1 cm³/mol. The lowest BCUT2D eigenvalue weighted by Gasteiger charge is -2.19. The van der Waals surface area contributed by atoms with E-state index in [1.54, 1.807) is 7.11 Å². The van der Waals surface area contributed by atoms with Crippen LogP contribution in [-0.4, -0.2) is 23.5 Å². The highest BCUT2D eigenvalue weighted by Gasteiger charge is 2.21. The number of hydrogen-bond donors (Lipinski definition) is 1. The highest BCUT2D eigenvalue weighted by molar-refractivity contribution is 7.80. The molecule has 0 saturated carbocycles. The number of hydrogen-bond acceptors (Lipinski definition) is 3. The molecule has 1 aromatic carbocycles. The molecule has 4 heteroatoms. The smallest absolute Gasteiger partial charge is 0.119 e. The molecule has 0 fully saturated rings. The van der Waals surface area contributed by atoms with E-state index in [1.807, 2.05) is 6.07 Å². The zero-order valence-electron chi connectivity index (χ0n) is 10.3. The SMILES string of the molecule is COc1ccc2c(c1)CN(CC(C)C(N)=S)C2. The molecule has 0 saturated heterocycles. The van der Waals surface area contributed by atoms with Crippen LogP contribution in [0.4, 0.5) is 0 Å². The minimum atomic E-state index is 0.265. The molecular formula is C13H18N2OS. The first-order valence-corrected chi connectivity index (χ1v) is 6.18. The number of nitrogens with two attached hydrogens (primary N) is 1. The average Bonchev–Trinajstić information content (AvgIpc) is 2.69. The first-order chi connectivity index (χ1) is 8.10. The van der Waals surface area contributed by atoms with Gasteiger partial charge in [0.15, 0.2) is 0 Å². The molecule has 1 aliphatic heterocycles. The number of fused-ring (bicyclic) bond motifs is 1. The van der Waals surface area contributed by atoms with Crippen LogP contribution in [0, 0.1) is 5.92 Å². The van der Waals surface area contributed by atoms with Crippen molar-refractivity contribution in [2.24, 2.45) is 11.7 Å². The van der Waals surface area contributed by atoms with Gasteiger partial charge in [-0.25, -0.2) is 0 Å². The largest absolute Gasteiger partial charge is 0.497 e. The van der Waals surface area contributed by atoms with Crippen LogP contribution in [0.5, 0.6) is 5.75 Å². The van der Waals surface area contributed by atoms with Crippen LogP contribution in [0.2, 0.25) is 0 Å². The monoisotopic (exact) mass is 250 g/mol. The zero-order chi connectivity index (χ0) is 12.4. The van der Waals surface area contributed by atoms with Gasteiger partial charge >= 0.3 is 0 Å².